The maximum Gasteiger partial charge on any atom is 0.305 e. The van der Waals surface area contributed by atoms with E-state index in [1.54, 1.807) is 32.2 Å². The van der Waals surface area contributed by atoms with Crippen molar-refractivity contribution in [2.24, 2.45) is 0 Å². The van der Waals surface area contributed by atoms with Gasteiger partial charge in [-0.1, -0.05) is 28.1 Å². The Morgan fingerprint density at radius 2 is 1.93 bits per heavy atom. The Labute approximate surface area is 164 Å². The largest absolute Gasteiger partial charge is 0.495 e. The van der Waals surface area contributed by atoms with Gasteiger partial charge in [0.05, 0.1) is 19.3 Å². The van der Waals surface area contributed by atoms with Gasteiger partial charge in [-0.25, -0.2) is 0 Å². The number of rotatable bonds is 5. The van der Waals surface area contributed by atoms with Crippen molar-refractivity contribution in [1.82, 2.24) is 10.9 Å². The molecule has 0 aliphatic carbocycles. The second kappa shape index (κ2) is 8.13. The lowest BCUT2D eigenvalue weighted by atomic mass is 10.1. The second-order valence-electron chi connectivity index (χ2n) is 5.75. The number of fused-ring (bicyclic) bond motifs is 1. The van der Waals surface area contributed by atoms with E-state index < -0.39 is 11.8 Å². The van der Waals surface area contributed by atoms with Crippen LogP contribution in [0.1, 0.15) is 16.1 Å². The maximum absolute atomic E-state index is 12.3. The van der Waals surface area contributed by atoms with Gasteiger partial charge in [-0.3, -0.25) is 20.4 Å². The maximum atomic E-state index is 12.3. The number of furan rings is 1. The smallest absolute Gasteiger partial charge is 0.305 e. The molecule has 0 bridgehead atoms. The summed E-state index contributed by atoms with van der Waals surface area (Å²) in [6.45, 7) is 1.75. The third-order valence-electron chi connectivity index (χ3n) is 3.97. The summed E-state index contributed by atoms with van der Waals surface area (Å²) >= 11 is 3.39. The molecule has 2 amide bonds. The zero-order chi connectivity index (χ0) is 19.4. The molecule has 1 heterocycles. The summed E-state index contributed by atoms with van der Waals surface area (Å²) in [4.78, 5) is 24.3. The van der Waals surface area contributed by atoms with E-state index in [-0.39, 0.29) is 12.3 Å². The summed E-state index contributed by atoms with van der Waals surface area (Å²) in [5.41, 5.74) is 6.71. The zero-order valence-electron chi connectivity index (χ0n) is 14.8. The van der Waals surface area contributed by atoms with Gasteiger partial charge in [0.1, 0.15) is 11.3 Å². The van der Waals surface area contributed by atoms with E-state index >= 15 is 0 Å². The fraction of sp³-hybridized carbons (Fsp3) is 0.158. The Kier molecular flexibility index (Phi) is 5.66. The summed E-state index contributed by atoms with van der Waals surface area (Å²) in [5, 5.41) is 3.78. The zero-order valence-corrected chi connectivity index (χ0v) is 16.3. The van der Waals surface area contributed by atoms with Gasteiger partial charge >= 0.3 is 5.91 Å². The summed E-state index contributed by atoms with van der Waals surface area (Å²) in [5.74, 6) is -0.157. The third-order valence-corrected chi connectivity index (χ3v) is 4.46. The van der Waals surface area contributed by atoms with Crippen LogP contribution in [0.25, 0.3) is 11.0 Å². The van der Waals surface area contributed by atoms with Crippen LogP contribution >= 0.6 is 15.9 Å². The molecule has 0 saturated heterocycles. The molecule has 7 nitrogen and oxygen atoms in total. The number of ether oxygens (including phenoxy) is 1. The van der Waals surface area contributed by atoms with Gasteiger partial charge in [0.25, 0.3) is 5.91 Å². The molecular formula is C19H18BrN3O4. The van der Waals surface area contributed by atoms with Gasteiger partial charge in [-0.15, -0.1) is 0 Å². The van der Waals surface area contributed by atoms with Crippen LogP contribution in [-0.4, -0.2) is 25.5 Å². The van der Waals surface area contributed by atoms with Crippen molar-refractivity contribution in [2.45, 2.75) is 6.92 Å². The number of anilines is 1. The highest BCUT2D eigenvalue weighted by Gasteiger charge is 2.18. The van der Waals surface area contributed by atoms with Crippen molar-refractivity contribution in [3.05, 3.63) is 58.3 Å². The molecule has 27 heavy (non-hydrogen) atoms. The number of halogens is 1. The van der Waals surface area contributed by atoms with Crippen molar-refractivity contribution in [3.8, 4) is 5.75 Å². The quantitative estimate of drug-likeness (QED) is 0.538. The number of nitrogens with one attached hydrogen (secondary N) is 3. The predicted octanol–water partition coefficient (Wildman–Crippen LogP) is 3.39. The molecule has 0 aliphatic rings. The van der Waals surface area contributed by atoms with Crippen molar-refractivity contribution in [2.75, 3.05) is 19.0 Å². The molecule has 0 spiro atoms. The van der Waals surface area contributed by atoms with E-state index in [4.69, 9.17) is 9.15 Å². The molecule has 0 radical (unpaired) electrons. The molecule has 0 aliphatic heterocycles. The van der Waals surface area contributed by atoms with E-state index in [0.717, 1.165) is 9.86 Å². The van der Waals surface area contributed by atoms with Gasteiger partial charge < -0.3 is 14.5 Å². The van der Waals surface area contributed by atoms with Crippen LogP contribution in [0.3, 0.4) is 0 Å². The summed E-state index contributed by atoms with van der Waals surface area (Å²) in [7, 11) is 1.55. The molecule has 1 aromatic heterocycles. The van der Waals surface area contributed by atoms with Crippen LogP contribution < -0.4 is 20.9 Å². The van der Waals surface area contributed by atoms with Gasteiger partial charge in [0, 0.05) is 15.4 Å². The number of methoxy groups -OCH3 is 1. The van der Waals surface area contributed by atoms with E-state index in [0.29, 0.717) is 22.6 Å². The third kappa shape index (κ3) is 4.22. The SMILES string of the molecule is COc1ccccc1NCC(=O)NNC(=O)c1oc2ccc(Br)cc2c1C. The van der Waals surface area contributed by atoms with Gasteiger partial charge in [0.15, 0.2) is 5.76 Å². The normalized spacial score (nSPS) is 10.5. The van der Waals surface area contributed by atoms with E-state index in [2.05, 4.69) is 32.1 Å². The number of carbonyl (C=O) groups is 2. The number of carbonyl (C=O) groups excluding carboxylic acids is 2. The Balaban J connectivity index is 1.59. The second-order valence-corrected chi connectivity index (χ2v) is 6.67. The lowest BCUT2D eigenvalue weighted by molar-refractivity contribution is -0.120. The molecule has 3 N–H and O–H groups in total. The van der Waals surface area contributed by atoms with E-state index in [1.807, 2.05) is 24.3 Å². The number of hydrogen-bond donors (Lipinski definition) is 3. The monoisotopic (exact) mass is 431 g/mol. The minimum Gasteiger partial charge on any atom is -0.495 e. The number of para-hydroxylation sites is 2. The Morgan fingerprint density at radius 3 is 2.70 bits per heavy atom. The highest BCUT2D eigenvalue weighted by molar-refractivity contribution is 9.10. The topological polar surface area (TPSA) is 92.6 Å². The number of benzene rings is 2. The van der Waals surface area contributed by atoms with Crippen LogP contribution in [0.2, 0.25) is 0 Å². The van der Waals surface area contributed by atoms with Crippen LogP contribution in [0.15, 0.2) is 51.4 Å². The van der Waals surface area contributed by atoms with Gasteiger partial charge in [0.2, 0.25) is 0 Å². The number of amides is 2. The average Bonchev–Trinajstić information content (AvgIpc) is 3.00. The molecule has 140 valence electrons. The van der Waals surface area contributed by atoms with Crippen molar-refractivity contribution >= 4 is 44.4 Å². The molecule has 3 rings (SSSR count). The molecule has 8 heteroatoms. The molecule has 3 aromatic rings. The summed E-state index contributed by atoms with van der Waals surface area (Å²) in [6, 6.07) is 12.7. The first-order valence-electron chi connectivity index (χ1n) is 8.14. The van der Waals surface area contributed by atoms with Crippen molar-refractivity contribution in [3.63, 3.8) is 0 Å². The number of hydrazine groups is 1. The number of aryl methyl sites for hydroxylation is 1. The summed E-state index contributed by atoms with van der Waals surface area (Å²) < 4.78 is 11.7. The van der Waals surface area contributed by atoms with Crippen molar-refractivity contribution in [1.29, 1.82) is 0 Å². The van der Waals surface area contributed by atoms with Gasteiger partial charge in [-0.2, -0.15) is 0 Å². The minimum absolute atomic E-state index is 0.0350. The molecule has 0 unspecified atom stereocenters. The number of hydrogen-bond acceptors (Lipinski definition) is 5. The molecule has 0 fully saturated rings. The first-order valence-corrected chi connectivity index (χ1v) is 8.93. The first-order chi connectivity index (χ1) is 13.0. The Morgan fingerprint density at radius 1 is 1.15 bits per heavy atom. The summed E-state index contributed by atoms with van der Waals surface area (Å²) in [6.07, 6.45) is 0. The lowest BCUT2D eigenvalue weighted by Crippen LogP contribution is -2.44. The Bertz CT molecular complexity index is 1000. The standard InChI is InChI=1S/C19H18BrN3O4/c1-11-13-9-12(20)7-8-15(13)27-18(11)19(25)23-22-17(24)10-21-14-5-3-4-6-16(14)26-2/h3-9,21H,10H2,1-2H3,(H,22,24)(H,23,25). The molecule has 2 aromatic carbocycles. The van der Waals surface area contributed by atoms with Crippen molar-refractivity contribution < 1.29 is 18.7 Å². The first kappa shape index (κ1) is 18.8. The fourth-order valence-corrected chi connectivity index (χ4v) is 2.96. The highest BCUT2D eigenvalue weighted by Crippen LogP contribution is 2.28. The average molecular weight is 432 g/mol. The van der Waals surface area contributed by atoms with Gasteiger partial charge in [-0.05, 0) is 37.3 Å². The Hall–Kier alpha value is -3.00. The lowest BCUT2D eigenvalue weighted by Gasteiger charge is -2.11. The molecule has 0 saturated carbocycles. The predicted molar refractivity (Wildman–Crippen MR) is 106 cm³/mol. The molecule has 0 atom stereocenters. The minimum atomic E-state index is -0.523. The fourth-order valence-electron chi connectivity index (χ4n) is 2.60. The van der Waals surface area contributed by atoms with E-state index in [9.17, 15) is 9.59 Å². The van der Waals surface area contributed by atoms with Crippen LogP contribution in [0.4, 0.5) is 5.69 Å². The molecular weight excluding hydrogens is 414 g/mol. The van der Waals surface area contributed by atoms with Crippen LogP contribution in [-0.2, 0) is 4.79 Å². The van der Waals surface area contributed by atoms with Crippen LogP contribution in [0, 0.1) is 6.92 Å². The van der Waals surface area contributed by atoms with E-state index in [1.165, 1.54) is 0 Å². The van der Waals surface area contributed by atoms with Crippen LogP contribution in [0.5, 0.6) is 5.75 Å². The highest BCUT2D eigenvalue weighted by atomic mass is 79.9.